The van der Waals surface area contributed by atoms with Crippen LogP contribution in [-0.2, 0) is 18.0 Å². The van der Waals surface area contributed by atoms with Crippen LogP contribution in [0.3, 0.4) is 0 Å². The summed E-state index contributed by atoms with van der Waals surface area (Å²) < 4.78 is 35.7. The van der Waals surface area contributed by atoms with Crippen molar-refractivity contribution in [1.29, 1.82) is 0 Å². The highest BCUT2D eigenvalue weighted by Crippen LogP contribution is 2.46. The third-order valence-corrected chi connectivity index (χ3v) is 9.00. The van der Waals surface area contributed by atoms with E-state index in [0.717, 1.165) is 12.1 Å². The summed E-state index contributed by atoms with van der Waals surface area (Å²) in [5, 5.41) is 17.1. The molecule has 1 saturated heterocycles. The van der Waals surface area contributed by atoms with Gasteiger partial charge in [-0.05, 0) is 38.3 Å². The lowest BCUT2D eigenvalue weighted by atomic mass is 9.82. The van der Waals surface area contributed by atoms with Gasteiger partial charge >= 0.3 is 0 Å². The SMILES string of the molecule is CC1=NO[C@@]2(CC[C@H](C)N3C[C@H]2n2cc(C(=O)NCc4ccc(F)c(Cl)c4F)c(=O)c(OCc4ccccc4)c2C3=O)[C@H]1O. The number of ether oxygens (including phenoxy) is 1. The Bertz CT molecular complexity index is 1750. The van der Waals surface area contributed by atoms with Crippen LogP contribution >= 0.6 is 11.6 Å². The molecule has 2 amide bonds. The minimum atomic E-state index is -1.28. The molecule has 4 atom stereocenters. The third kappa shape index (κ3) is 4.82. The molecule has 4 heterocycles. The largest absolute Gasteiger partial charge is 0.483 e. The number of nitrogens with one attached hydrogen (secondary N) is 1. The van der Waals surface area contributed by atoms with Gasteiger partial charge in [0.25, 0.3) is 11.8 Å². The van der Waals surface area contributed by atoms with E-state index in [1.165, 1.54) is 10.8 Å². The van der Waals surface area contributed by atoms with E-state index in [9.17, 15) is 28.3 Å². The van der Waals surface area contributed by atoms with Gasteiger partial charge < -0.3 is 29.5 Å². The zero-order valence-corrected chi connectivity index (χ0v) is 24.6. The second kappa shape index (κ2) is 11.3. The van der Waals surface area contributed by atoms with Gasteiger partial charge in [0.1, 0.15) is 34.9 Å². The van der Waals surface area contributed by atoms with Gasteiger partial charge in [-0.1, -0.05) is 53.2 Å². The van der Waals surface area contributed by atoms with E-state index in [0.29, 0.717) is 24.1 Å². The molecule has 0 saturated carbocycles. The van der Waals surface area contributed by atoms with Gasteiger partial charge in [0.05, 0.1) is 11.8 Å². The van der Waals surface area contributed by atoms with Gasteiger partial charge in [-0.2, -0.15) is 0 Å². The molecule has 10 nitrogen and oxygen atoms in total. The highest BCUT2D eigenvalue weighted by atomic mass is 35.5. The zero-order chi connectivity index (χ0) is 31.3. The van der Waals surface area contributed by atoms with Crippen LogP contribution in [0.1, 0.15) is 64.7 Å². The number of oxime groups is 1. The van der Waals surface area contributed by atoms with Crippen molar-refractivity contribution < 1.29 is 33.1 Å². The first-order chi connectivity index (χ1) is 21.0. The van der Waals surface area contributed by atoms with Crippen LogP contribution in [0.25, 0.3) is 0 Å². The predicted octanol–water partition coefficient (Wildman–Crippen LogP) is 3.97. The summed E-state index contributed by atoms with van der Waals surface area (Å²) in [6.45, 7) is 3.16. The van der Waals surface area contributed by atoms with Gasteiger partial charge in [-0.25, -0.2) is 8.78 Å². The first-order valence-electron chi connectivity index (χ1n) is 14.1. The molecule has 3 aromatic rings. The van der Waals surface area contributed by atoms with Crippen molar-refractivity contribution in [1.82, 2.24) is 14.8 Å². The number of halogens is 3. The molecular weight excluding hydrogens is 598 g/mol. The first-order valence-corrected chi connectivity index (χ1v) is 14.5. The molecule has 0 unspecified atom stereocenters. The Hall–Kier alpha value is -4.29. The maximum atomic E-state index is 14.5. The highest BCUT2D eigenvalue weighted by molar-refractivity contribution is 6.31. The lowest BCUT2D eigenvalue weighted by Gasteiger charge is -2.43. The number of carbonyl (C=O) groups is 2. The van der Waals surface area contributed by atoms with Crippen LogP contribution in [0.2, 0.25) is 5.02 Å². The second-order valence-corrected chi connectivity index (χ2v) is 11.7. The predicted molar refractivity (Wildman–Crippen MR) is 156 cm³/mol. The Balaban J connectivity index is 1.46. The number of pyridine rings is 1. The van der Waals surface area contributed by atoms with Crippen molar-refractivity contribution in [2.75, 3.05) is 6.54 Å². The molecule has 2 N–H and O–H groups in total. The van der Waals surface area contributed by atoms with Gasteiger partial charge in [-0.15, -0.1) is 0 Å². The average Bonchev–Trinajstić information content (AvgIpc) is 3.23. The second-order valence-electron chi connectivity index (χ2n) is 11.3. The number of benzene rings is 2. The Labute approximate surface area is 255 Å². The topological polar surface area (TPSA) is 122 Å². The molecular formula is C31H29ClF2N4O6. The summed E-state index contributed by atoms with van der Waals surface area (Å²) in [5.41, 5.74) is -1.61. The summed E-state index contributed by atoms with van der Waals surface area (Å²) in [6, 6.07) is 10.1. The summed E-state index contributed by atoms with van der Waals surface area (Å²) in [6.07, 6.45) is 0.956. The molecule has 1 aromatic heterocycles. The van der Waals surface area contributed by atoms with Gasteiger partial charge in [0.2, 0.25) is 5.43 Å². The van der Waals surface area contributed by atoms with Crippen molar-refractivity contribution in [3.05, 3.63) is 97.9 Å². The van der Waals surface area contributed by atoms with E-state index in [-0.39, 0.29) is 41.8 Å². The van der Waals surface area contributed by atoms with E-state index in [4.69, 9.17) is 21.2 Å². The summed E-state index contributed by atoms with van der Waals surface area (Å²) >= 11 is 5.68. The molecule has 1 spiro atoms. The number of rotatable bonds is 6. The number of aliphatic hydroxyl groups is 1. The minimum absolute atomic E-state index is 0.0760. The van der Waals surface area contributed by atoms with Gasteiger partial charge in [0.15, 0.2) is 17.0 Å². The Morgan fingerprint density at radius 2 is 1.98 bits per heavy atom. The number of fused-ring (bicyclic) bond motifs is 5. The fourth-order valence-electron chi connectivity index (χ4n) is 6.12. The molecule has 0 aliphatic carbocycles. The van der Waals surface area contributed by atoms with Crippen molar-refractivity contribution in [2.45, 2.75) is 63.6 Å². The molecule has 44 heavy (non-hydrogen) atoms. The van der Waals surface area contributed by atoms with Crippen LogP contribution in [0, 0.1) is 11.6 Å². The Kier molecular flexibility index (Phi) is 7.66. The minimum Gasteiger partial charge on any atom is -0.483 e. The van der Waals surface area contributed by atoms with E-state index in [1.807, 2.05) is 13.0 Å². The van der Waals surface area contributed by atoms with Crippen LogP contribution < -0.4 is 15.5 Å². The van der Waals surface area contributed by atoms with Crippen molar-refractivity contribution in [3.63, 3.8) is 0 Å². The normalized spacial score (nSPS) is 24.0. The van der Waals surface area contributed by atoms with E-state index in [2.05, 4.69) is 10.5 Å². The third-order valence-electron chi connectivity index (χ3n) is 8.65. The molecule has 3 aliphatic rings. The number of aromatic nitrogens is 1. The van der Waals surface area contributed by atoms with Gasteiger partial charge in [0, 0.05) is 30.9 Å². The Morgan fingerprint density at radius 3 is 2.68 bits per heavy atom. The fraction of sp³-hybridized carbons (Fsp3) is 0.355. The molecule has 1 fully saturated rings. The number of aliphatic hydroxyl groups excluding tert-OH is 1. The monoisotopic (exact) mass is 626 g/mol. The molecule has 230 valence electrons. The standard InChI is InChI=1S/C31H29ClF2N4O6/c1-16-10-11-31(28(40)17(2)36-44-31)22-14-37(16)30(42)25-27(43-15-18-6-4-3-5-7-18)26(39)20(13-38(22)25)29(41)35-12-19-8-9-21(33)23(32)24(19)34/h3-9,13,16,22,28,40H,10-12,14-15H2,1-2H3,(H,35,41)/t16-,22+,28-,31+/m0/s1. The number of hydrogen-bond acceptors (Lipinski definition) is 7. The van der Waals surface area contributed by atoms with E-state index < -0.39 is 58.2 Å². The Morgan fingerprint density at radius 1 is 1.23 bits per heavy atom. The number of hydrogen-bond donors (Lipinski definition) is 2. The van der Waals surface area contributed by atoms with Crippen molar-refractivity contribution in [3.8, 4) is 5.75 Å². The molecule has 6 rings (SSSR count). The van der Waals surface area contributed by atoms with Crippen molar-refractivity contribution in [2.24, 2.45) is 5.16 Å². The lowest BCUT2D eigenvalue weighted by molar-refractivity contribution is -0.114. The smallest absolute Gasteiger partial charge is 0.274 e. The van der Waals surface area contributed by atoms with Crippen molar-refractivity contribution >= 4 is 29.1 Å². The number of amides is 2. The van der Waals surface area contributed by atoms with Gasteiger partial charge in [-0.3, -0.25) is 14.4 Å². The molecule has 2 bridgehead atoms. The van der Waals surface area contributed by atoms with E-state index >= 15 is 0 Å². The summed E-state index contributed by atoms with van der Waals surface area (Å²) in [4.78, 5) is 49.0. The maximum Gasteiger partial charge on any atom is 0.274 e. The molecule has 13 heteroatoms. The summed E-state index contributed by atoms with van der Waals surface area (Å²) in [7, 11) is 0. The van der Waals surface area contributed by atoms with Crippen LogP contribution in [0.4, 0.5) is 8.78 Å². The number of nitrogens with zero attached hydrogens (tertiary/aromatic N) is 3. The van der Waals surface area contributed by atoms with Crippen LogP contribution in [0.5, 0.6) is 5.75 Å². The van der Waals surface area contributed by atoms with E-state index in [1.54, 1.807) is 36.1 Å². The highest BCUT2D eigenvalue weighted by Gasteiger charge is 2.58. The zero-order valence-electron chi connectivity index (χ0n) is 23.9. The number of carbonyl (C=O) groups excluding carboxylic acids is 2. The average molecular weight is 627 g/mol. The fourth-order valence-corrected chi connectivity index (χ4v) is 6.30. The lowest BCUT2D eigenvalue weighted by Crippen LogP contribution is -2.56. The quantitative estimate of drug-likeness (QED) is 0.399. The summed E-state index contributed by atoms with van der Waals surface area (Å²) in [5.74, 6) is -3.68. The maximum absolute atomic E-state index is 14.5. The molecule has 3 aliphatic heterocycles. The first kappa shape index (κ1) is 29.8. The van der Waals surface area contributed by atoms with Crippen LogP contribution in [0.15, 0.2) is 58.6 Å². The molecule has 0 radical (unpaired) electrons. The van der Waals surface area contributed by atoms with Crippen LogP contribution in [-0.4, -0.2) is 56.4 Å². The molecule has 2 aromatic carbocycles.